The van der Waals surface area contributed by atoms with Gasteiger partial charge in [0.05, 0.1) is 0 Å². The van der Waals surface area contributed by atoms with Gasteiger partial charge in [-0.3, -0.25) is 20.1 Å². The third kappa shape index (κ3) is 5.46. The van der Waals surface area contributed by atoms with Gasteiger partial charge in [0.15, 0.2) is 5.96 Å². The quantitative estimate of drug-likeness (QED) is 0.583. The van der Waals surface area contributed by atoms with Crippen molar-refractivity contribution in [2.45, 2.75) is 95.2 Å². The molecule has 1 aliphatic heterocycles. The molecule has 3 atom stereocenters. The second-order valence-electron chi connectivity index (χ2n) is 10.1. The average Bonchev–Trinajstić information content (AvgIpc) is 3.01. The number of guanidine groups is 1. The lowest BCUT2D eigenvalue weighted by molar-refractivity contribution is -0.131. The molecule has 0 unspecified atom stereocenters. The van der Waals surface area contributed by atoms with Crippen LogP contribution in [0.3, 0.4) is 0 Å². The van der Waals surface area contributed by atoms with E-state index in [4.69, 9.17) is 5.41 Å². The Labute approximate surface area is 187 Å². The fraction of sp³-hybridized carbons (Fsp3) is 0.720. The molecular formula is C25H39N5O. The van der Waals surface area contributed by atoms with E-state index in [9.17, 15) is 4.79 Å². The van der Waals surface area contributed by atoms with Crippen molar-refractivity contribution in [2.75, 3.05) is 7.05 Å². The van der Waals surface area contributed by atoms with Gasteiger partial charge in [-0.15, -0.1) is 0 Å². The zero-order chi connectivity index (χ0) is 21.7. The number of pyridine rings is 1. The first kappa shape index (κ1) is 22.3. The van der Waals surface area contributed by atoms with E-state index in [1.165, 1.54) is 61.8 Å². The summed E-state index contributed by atoms with van der Waals surface area (Å²) < 4.78 is 0. The van der Waals surface area contributed by atoms with Crippen molar-refractivity contribution >= 4 is 11.9 Å². The number of nitrogens with zero attached hydrogens (tertiary/aromatic N) is 2. The van der Waals surface area contributed by atoms with Gasteiger partial charge >= 0.3 is 0 Å². The molecule has 0 aromatic carbocycles. The van der Waals surface area contributed by atoms with Crippen LogP contribution in [0.5, 0.6) is 0 Å². The maximum Gasteiger partial charge on any atom is 0.254 e. The predicted molar refractivity (Wildman–Crippen MR) is 124 cm³/mol. The van der Waals surface area contributed by atoms with Crippen LogP contribution in [-0.4, -0.2) is 40.4 Å². The lowest BCUT2D eigenvalue weighted by atomic mass is 9.74. The standard InChI is InChI=1S/C25H39N5O/c1-30-23(31)25(29-24(30)26,13-12-19-7-3-2-4-8-19)16-20-9-5-11-22(15-20)28-18-21-10-6-14-27-17-21/h6,10,14,17,19-20,22,28H,2-5,7-9,11-13,15-16,18H2,1H3,(H2,26,29)/t20-,22-,25-/m1/s1. The Kier molecular flexibility index (Phi) is 7.26. The summed E-state index contributed by atoms with van der Waals surface area (Å²) in [6.45, 7) is 0.850. The second kappa shape index (κ2) is 10.1. The van der Waals surface area contributed by atoms with E-state index in [2.05, 4.69) is 21.7 Å². The Morgan fingerprint density at radius 3 is 2.71 bits per heavy atom. The van der Waals surface area contributed by atoms with Crippen molar-refractivity contribution in [3.05, 3.63) is 30.1 Å². The molecular weight excluding hydrogens is 386 g/mol. The van der Waals surface area contributed by atoms with Crippen molar-refractivity contribution in [1.82, 2.24) is 20.5 Å². The van der Waals surface area contributed by atoms with Gasteiger partial charge in [0.2, 0.25) is 0 Å². The Morgan fingerprint density at radius 2 is 2.00 bits per heavy atom. The molecule has 0 radical (unpaired) electrons. The number of amides is 1. The van der Waals surface area contributed by atoms with Crippen LogP contribution in [0.15, 0.2) is 24.5 Å². The van der Waals surface area contributed by atoms with Crippen LogP contribution in [0.2, 0.25) is 0 Å². The average molecular weight is 426 g/mol. The van der Waals surface area contributed by atoms with Gasteiger partial charge in [-0.25, -0.2) is 0 Å². The van der Waals surface area contributed by atoms with E-state index in [1.807, 2.05) is 18.5 Å². The first-order chi connectivity index (χ1) is 15.1. The fourth-order valence-corrected chi connectivity index (χ4v) is 6.04. The normalized spacial score (nSPS) is 29.9. The van der Waals surface area contributed by atoms with Crippen LogP contribution < -0.4 is 10.6 Å². The van der Waals surface area contributed by atoms with E-state index in [1.54, 1.807) is 7.05 Å². The van der Waals surface area contributed by atoms with Gasteiger partial charge in [-0.1, -0.05) is 51.0 Å². The molecule has 3 N–H and O–H groups in total. The Hall–Kier alpha value is -1.95. The van der Waals surface area contributed by atoms with Crippen LogP contribution in [0.25, 0.3) is 0 Å². The minimum atomic E-state index is -0.570. The van der Waals surface area contributed by atoms with Crippen molar-refractivity contribution in [1.29, 1.82) is 5.41 Å². The minimum Gasteiger partial charge on any atom is -0.342 e. The van der Waals surface area contributed by atoms with Crippen LogP contribution in [0, 0.1) is 17.2 Å². The van der Waals surface area contributed by atoms with Crippen molar-refractivity contribution in [3.63, 3.8) is 0 Å². The highest BCUT2D eigenvalue weighted by Gasteiger charge is 2.49. The highest BCUT2D eigenvalue weighted by Crippen LogP contribution is 2.38. The number of nitrogens with one attached hydrogen (secondary N) is 3. The largest absolute Gasteiger partial charge is 0.342 e. The molecule has 6 heteroatoms. The summed E-state index contributed by atoms with van der Waals surface area (Å²) in [5.74, 6) is 1.65. The third-order valence-corrected chi connectivity index (χ3v) is 7.85. The summed E-state index contributed by atoms with van der Waals surface area (Å²) in [5.41, 5.74) is 0.649. The zero-order valence-corrected chi connectivity index (χ0v) is 19.0. The first-order valence-corrected chi connectivity index (χ1v) is 12.3. The molecule has 3 aliphatic rings. The number of rotatable bonds is 8. The van der Waals surface area contributed by atoms with Gasteiger partial charge in [0.1, 0.15) is 5.54 Å². The first-order valence-electron chi connectivity index (χ1n) is 12.3. The van der Waals surface area contributed by atoms with Crippen LogP contribution in [0.4, 0.5) is 0 Å². The van der Waals surface area contributed by atoms with Gasteiger partial charge in [0, 0.05) is 32.0 Å². The smallest absolute Gasteiger partial charge is 0.254 e. The van der Waals surface area contributed by atoms with E-state index in [0.717, 1.165) is 38.1 Å². The van der Waals surface area contributed by atoms with Crippen molar-refractivity contribution in [2.24, 2.45) is 11.8 Å². The Morgan fingerprint density at radius 1 is 1.19 bits per heavy atom. The molecule has 0 spiro atoms. The van der Waals surface area contributed by atoms with Gasteiger partial charge in [-0.05, 0) is 55.6 Å². The maximum atomic E-state index is 13.3. The molecule has 6 nitrogen and oxygen atoms in total. The van der Waals surface area contributed by atoms with Gasteiger partial charge in [0.25, 0.3) is 5.91 Å². The predicted octanol–water partition coefficient (Wildman–Crippen LogP) is 4.22. The number of likely N-dealkylation sites (N-methyl/N-ethyl adjacent to an activating group) is 1. The van der Waals surface area contributed by atoms with E-state index in [0.29, 0.717) is 12.0 Å². The molecule has 31 heavy (non-hydrogen) atoms. The molecule has 1 amide bonds. The van der Waals surface area contributed by atoms with Crippen LogP contribution >= 0.6 is 0 Å². The number of carbonyl (C=O) groups is 1. The molecule has 2 heterocycles. The molecule has 3 fully saturated rings. The monoisotopic (exact) mass is 425 g/mol. The zero-order valence-electron chi connectivity index (χ0n) is 19.0. The SMILES string of the molecule is CN1C(=N)N[C@](CCC2CCCCC2)(C[C@@H]2CCC[C@@H](NCc3cccnc3)C2)C1=O. The van der Waals surface area contributed by atoms with E-state index in [-0.39, 0.29) is 11.9 Å². The molecule has 0 bridgehead atoms. The fourth-order valence-electron chi connectivity index (χ4n) is 6.04. The van der Waals surface area contributed by atoms with Gasteiger partial charge < -0.3 is 10.6 Å². The highest BCUT2D eigenvalue weighted by molar-refractivity contribution is 6.07. The number of hydrogen-bond acceptors (Lipinski definition) is 4. The molecule has 2 aliphatic carbocycles. The van der Waals surface area contributed by atoms with Crippen LogP contribution in [0.1, 0.15) is 82.6 Å². The summed E-state index contributed by atoms with van der Waals surface area (Å²) >= 11 is 0. The third-order valence-electron chi connectivity index (χ3n) is 7.85. The summed E-state index contributed by atoms with van der Waals surface area (Å²) in [4.78, 5) is 19.0. The Balaban J connectivity index is 1.37. The summed E-state index contributed by atoms with van der Waals surface area (Å²) in [7, 11) is 1.75. The summed E-state index contributed by atoms with van der Waals surface area (Å²) in [5, 5.41) is 15.3. The number of hydrogen-bond donors (Lipinski definition) is 3. The minimum absolute atomic E-state index is 0.110. The second-order valence-corrected chi connectivity index (χ2v) is 10.1. The molecule has 4 rings (SSSR count). The van der Waals surface area contributed by atoms with E-state index < -0.39 is 5.54 Å². The number of carbonyl (C=O) groups excluding carboxylic acids is 1. The highest BCUT2D eigenvalue weighted by atomic mass is 16.2. The molecule has 2 saturated carbocycles. The maximum absolute atomic E-state index is 13.3. The lowest BCUT2D eigenvalue weighted by Crippen LogP contribution is -2.49. The van der Waals surface area contributed by atoms with Gasteiger partial charge in [-0.2, -0.15) is 0 Å². The topological polar surface area (TPSA) is 81.1 Å². The summed E-state index contributed by atoms with van der Waals surface area (Å²) in [6, 6.07) is 4.59. The number of aromatic nitrogens is 1. The van der Waals surface area contributed by atoms with E-state index >= 15 is 0 Å². The Bertz CT molecular complexity index is 748. The van der Waals surface area contributed by atoms with Crippen molar-refractivity contribution < 1.29 is 4.79 Å². The molecule has 1 aromatic heterocycles. The molecule has 1 saturated heterocycles. The molecule has 170 valence electrons. The molecule has 1 aromatic rings. The van der Waals surface area contributed by atoms with Crippen molar-refractivity contribution in [3.8, 4) is 0 Å². The summed E-state index contributed by atoms with van der Waals surface area (Å²) in [6.07, 6.45) is 17.9. The lowest BCUT2D eigenvalue weighted by Gasteiger charge is -2.37. The van der Waals surface area contributed by atoms with Crippen LogP contribution in [-0.2, 0) is 11.3 Å².